The Bertz CT molecular complexity index is 421. The first-order valence-electron chi connectivity index (χ1n) is 7.87. The molecule has 2 atom stereocenters. The Kier molecular flexibility index (Phi) is 6.18. The molecule has 3 heteroatoms. The molecule has 1 N–H and O–H groups in total. The van der Waals surface area contributed by atoms with E-state index in [0.717, 1.165) is 23.7 Å². The van der Waals surface area contributed by atoms with E-state index in [4.69, 9.17) is 16.3 Å². The highest BCUT2D eigenvalue weighted by Gasteiger charge is 2.24. The Hall–Kier alpha value is -0.730. The van der Waals surface area contributed by atoms with Crippen LogP contribution < -0.4 is 10.1 Å². The molecule has 0 aromatic heterocycles. The summed E-state index contributed by atoms with van der Waals surface area (Å²) in [6, 6.07) is 6.48. The molecule has 0 radical (unpaired) electrons. The second kappa shape index (κ2) is 7.90. The summed E-state index contributed by atoms with van der Waals surface area (Å²) >= 11 is 6.30. The summed E-state index contributed by atoms with van der Waals surface area (Å²) in [7, 11) is 0. The average Bonchev–Trinajstić information content (AvgIpc) is 2.39. The fourth-order valence-electron chi connectivity index (χ4n) is 2.95. The highest BCUT2D eigenvalue weighted by Crippen LogP contribution is 2.29. The minimum atomic E-state index is 0.232. The van der Waals surface area contributed by atoms with Crippen molar-refractivity contribution in [2.24, 2.45) is 0 Å². The summed E-state index contributed by atoms with van der Waals surface area (Å²) in [5.41, 5.74) is 1.17. The van der Waals surface area contributed by atoms with Gasteiger partial charge in [-0.3, -0.25) is 0 Å². The number of nitrogens with one attached hydrogen (secondary N) is 1. The van der Waals surface area contributed by atoms with E-state index in [1.807, 2.05) is 19.1 Å². The Labute approximate surface area is 127 Å². The predicted octanol–water partition coefficient (Wildman–Crippen LogP) is 4.73. The van der Waals surface area contributed by atoms with Crippen LogP contribution in [0.5, 0.6) is 5.75 Å². The van der Waals surface area contributed by atoms with Gasteiger partial charge in [0.25, 0.3) is 0 Å². The van der Waals surface area contributed by atoms with E-state index in [1.165, 1.54) is 37.7 Å². The summed E-state index contributed by atoms with van der Waals surface area (Å²) in [6.07, 6.45) is 7.75. The van der Waals surface area contributed by atoms with E-state index in [1.54, 1.807) is 0 Å². The van der Waals surface area contributed by atoms with Gasteiger partial charge in [0.1, 0.15) is 11.9 Å². The van der Waals surface area contributed by atoms with E-state index >= 15 is 0 Å². The van der Waals surface area contributed by atoms with Gasteiger partial charge in [0.05, 0.1) is 5.02 Å². The molecule has 2 unspecified atom stereocenters. The van der Waals surface area contributed by atoms with Crippen LogP contribution in [0.15, 0.2) is 18.2 Å². The van der Waals surface area contributed by atoms with Crippen LogP contribution in [0, 0.1) is 6.92 Å². The third-order valence-electron chi connectivity index (χ3n) is 4.03. The lowest BCUT2D eigenvalue weighted by atomic mass is 9.94. The highest BCUT2D eigenvalue weighted by molar-refractivity contribution is 6.32. The molecule has 1 fully saturated rings. The number of likely N-dealkylation sites (N-methyl/N-ethyl adjacent to an activating group) is 1. The summed E-state index contributed by atoms with van der Waals surface area (Å²) in [4.78, 5) is 0. The normalized spacial score (nSPS) is 23.9. The Morgan fingerprint density at radius 2 is 1.95 bits per heavy atom. The Morgan fingerprint density at radius 3 is 2.65 bits per heavy atom. The summed E-state index contributed by atoms with van der Waals surface area (Å²) in [5, 5.41) is 4.31. The first-order chi connectivity index (χ1) is 9.70. The van der Waals surface area contributed by atoms with Gasteiger partial charge in [-0.15, -0.1) is 0 Å². The zero-order chi connectivity index (χ0) is 14.4. The smallest absolute Gasteiger partial charge is 0.138 e. The van der Waals surface area contributed by atoms with Gasteiger partial charge in [-0.25, -0.2) is 0 Å². The fourth-order valence-corrected chi connectivity index (χ4v) is 3.23. The molecule has 0 bridgehead atoms. The maximum Gasteiger partial charge on any atom is 0.138 e. The molecule has 0 saturated heterocycles. The second-order valence-corrected chi connectivity index (χ2v) is 6.15. The van der Waals surface area contributed by atoms with Crippen molar-refractivity contribution in [2.75, 3.05) is 6.54 Å². The van der Waals surface area contributed by atoms with Crippen molar-refractivity contribution < 1.29 is 4.74 Å². The lowest BCUT2D eigenvalue weighted by Crippen LogP contribution is -2.43. The van der Waals surface area contributed by atoms with Crippen LogP contribution in [0.1, 0.15) is 51.0 Å². The maximum absolute atomic E-state index is 6.30. The average molecular weight is 296 g/mol. The van der Waals surface area contributed by atoms with Gasteiger partial charge in [-0.2, -0.15) is 0 Å². The van der Waals surface area contributed by atoms with Crippen LogP contribution in [-0.2, 0) is 0 Å². The molecule has 1 aliphatic rings. The molecule has 112 valence electrons. The number of benzene rings is 1. The monoisotopic (exact) mass is 295 g/mol. The number of halogens is 1. The topological polar surface area (TPSA) is 21.3 Å². The maximum atomic E-state index is 6.30. The van der Waals surface area contributed by atoms with Crippen molar-refractivity contribution >= 4 is 11.6 Å². The number of aryl methyl sites for hydroxylation is 1. The van der Waals surface area contributed by atoms with Crippen LogP contribution in [0.25, 0.3) is 0 Å². The fraction of sp³-hybridized carbons (Fsp3) is 0.647. The largest absolute Gasteiger partial charge is 0.487 e. The molecule has 1 aromatic rings. The lowest BCUT2D eigenvalue weighted by Gasteiger charge is -2.30. The van der Waals surface area contributed by atoms with Gasteiger partial charge >= 0.3 is 0 Å². The van der Waals surface area contributed by atoms with Crippen molar-refractivity contribution in [1.29, 1.82) is 0 Å². The van der Waals surface area contributed by atoms with Gasteiger partial charge in [-0.1, -0.05) is 43.9 Å². The van der Waals surface area contributed by atoms with Crippen LogP contribution in [0.3, 0.4) is 0 Å². The van der Waals surface area contributed by atoms with Gasteiger partial charge in [-0.05, 0) is 50.4 Å². The highest BCUT2D eigenvalue weighted by atomic mass is 35.5. The van der Waals surface area contributed by atoms with E-state index in [2.05, 4.69) is 18.3 Å². The predicted molar refractivity (Wildman–Crippen MR) is 85.8 cm³/mol. The van der Waals surface area contributed by atoms with Crippen molar-refractivity contribution in [2.45, 2.75) is 64.5 Å². The van der Waals surface area contributed by atoms with Gasteiger partial charge < -0.3 is 10.1 Å². The SMILES string of the molecule is CCNC1CCCCCCC1Oc1ccc(C)cc1Cl. The van der Waals surface area contributed by atoms with E-state index < -0.39 is 0 Å². The van der Waals surface area contributed by atoms with E-state index in [9.17, 15) is 0 Å². The molecule has 0 spiro atoms. The van der Waals surface area contributed by atoms with Crippen molar-refractivity contribution in [3.63, 3.8) is 0 Å². The zero-order valence-corrected chi connectivity index (χ0v) is 13.4. The quantitative estimate of drug-likeness (QED) is 0.867. The third kappa shape index (κ3) is 4.39. The summed E-state index contributed by atoms with van der Waals surface area (Å²) in [5.74, 6) is 0.825. The number of hydrogen-bond donors (Lipinski definition) is 1. The molecular formula is C17H26ClNO. The minimum Gasteiger partial charge on any atom is -0.487 e. The molecule has 1 aromatic carbocycles. The third-order valence-corrected chi connectivity index (χ3v) is 4.33. The minimum absolute atomic E-state index is 0.232. The first-order valence-corrected chi connectivity index (χ1v) is 8.24. The van der Waals surface area contributed by atoms with Gasteiger partial charge in [0.2, 0.25) is 0 Å². The van der Waals surface area contributed by atoms with Crippen LogP contribution in [0.2, 0.25) is 5.02 Å². The molecular weight excluding hydrogens is 270 g/mol. The molecule has 0 aliphatic heterocycles. The van der Waals surface area contributed by atoms with Crippen molar-refractivity contribution in [3.8, 4) is 5.75 Å². The molecule has 2 nitrogen and oxygen atoms in total. The zero-order valence-electron chi connectivity index (χ0n) is 12.6. The molecule has 20 heavy (non-hydrogen) atoms. The number of hydrogen-bond acceptors (Lipinski definition) is 2. The van der Waals surface area contributed by atoms with Crippen molar-refractivity contribution in [1.82, 2.24) is 5.32 Å². The Balaban J connectivity index is 2.09. The molecule has 0 amide bonds. The van der Waals surface area contributed by atoms with E-state index in [-0.39, 0.29) is 6.10 Å². The van der Waals surface area contributed by atoms with Gasteiger partial charge in [0, 0.05) is 6.04 Å². The van der Waals surface area contributed by atoms with E-state index in [0.29, 0.717) is 6.04 Å². The molecule has 2 rings (SSSR count). The Morgan fingerprint density at radius 1 is 1.20 bits per heavy atom. The van der Waals surface area contributed by atoms with Gasteiger partial charge in [0.15, 0.2) is 0 Å². The lowest BCUT2D eigenvalue weighted by molar-refractivity contribution is 0.128. The molecule has 1 aliphatic carbocycles. The molecule has 1 saturated carbocycles. The molecule has 0 heterocycles. The van der Waals surface area contributed by atoms with Crippen LogP contribution in [0.4, 0.5) is 0 Å². The second-order valence-electron chi connectivity index (χ2n) is 5.75. The van der Waals surface area contributed by atoms with Crippen LogP contribution >= 0.6 is 11.6 Å². The van der Waals surface area contributed by atoms with Crippen LogP contribution in [-0.4, -0.2) is 18.7 Å². The summed E-state index contributed by atoms with van der Waals surface area (Å²) in [6.45, 7) is 5.20. The first kappa shape index (κ1) is 15.7. The summed E-state index contributed by atoms with van der Waals surface area (Å²) < 4.78 is 6.25. The van der Waals surface area contributed by atoms with Crippen molar-refractivity contribution in [3.05, 3.63) is 28.8 Å². The standard InChI is InChI=1S/C17H26ClNO/c1-3-19-15-8-6-4-5-7-9-17(15)20-16-11-10-13(2)12-14(16)18/h10-12,15,17,19H,3-9H2,1-2H3. The number of rotatable bonds is 4. The number of ether oxygens (including phenoxy) is 1.